The lowest BCUT2D eigenvalue weighted by atomic mass is 10.1. The number of benzene rings is 1. The maximum Gasteiger partial charge on any atom is 0.226 e. The van der Waals surface area contributed by atoms with E-state index < -0.39 is 0 Å². The Labute approximate surface area is 116 Å². The SMILES string of the molecule is CCCc1nc(COc2cc(F)cc(CCN)c2)no1. The van der Waals surface area contributed by atoms with Crippen molar-refractivity contribution in [2.75, 3.05) is 6.54 Å². The van der Waals surface area contributed by atoms with E-state index in [0.717, 1.165) is 18.4 Å². The van der Waals surface area contributed by atoms with E-state index in [-0.39, 0.29) is 12.4 Å². The van der Waals surface area contributed by atoms with E-state index in [2.05, 4.69) is 10.1 Å². The van der Waals surface area contributed by atoms with Crippen LogP contribution in [0.1, 0.15) is 30.6 Å². The first-order chi connectivity index (χ1) is 9.71. The largest absolute Gasteiger partial charge is 0.485 e. The molecule has 5 nitrogen and oxygen atoms in total. The maximum atomic E-state index is 13.4. The van der Waals surface area contributed by atoms with Crippen molar-refractivity contribution in [2.45, 2.75) is 32.8 Å². The number of hydrogen-bond donors (Lipinski definition) is 1. The minimum Gasteiger partial charge on any atom is -0.485 e. The molecule has 2 aromatic rings. The molecule has 2 rings (SSSR count). The molecule has 0 atom stereocenters. The van der Waals surface area contributed by atoms with Crippen molar-refractivity contribution in [3.8, 4) is 5.75 Å². The van der Waals surface area contributed by atoms with Crippen LogP contribution in [0.25, 0.3) is 0 Å². The normalized spacial score (nSPS) is 10.8. The zero-order chi connectivity index (χ0) is 14.4. The number of hydrogen-bond acceptors (Lipinski definition) is 5. The molecule has 0 spiro atoms. The quantitative estimate of drug-likeness (QED) is 0.841. The van der Waals surface area contributed by atoms with E-state index >= 15 is 0 Å². The van der Waals surface area contributed by atoms with Crippen molar-refractivity contribution in [1.29, 1.82) is 0 Å². The Kier molecular flexibility index (Phi) is 5.06. The lowest BCUT2D eigenvalue weighted by Crippen LogP contribution is -2.04. The first-order valence-corrected chi connectivity index (χ1v) is 6.65. The van der Waals surface area contributed by atoms with E-state index in [0.29, 0.717) is 30.4 Å². The van der Waals surface area contributed by atoms with Crippen LogP contribution in [0.4, 0.5) is 4.39 Å². The molecule has 0 bridgehead atoms. The van der Waals surface area contributed by atoms with Crippen molar-refractivity contribution in [3.05, 3.63) is 41.3 Å². The summed E-state index contributed by atoms with van der Waals surface area (Å²) in [4.78, 5) is 4.18. The molecule has 0 saturated heterocycles. The summed E-state index contributed by atoms with van der Waals surface area (Å²) in [6, 6.07) is 4.55. The molecule has 0 radical (unpaired) electrons. The molecule has 0 aliphatic heterocycles. The molecular formula is C14H18FN3O2. The van der Waals surface area contributed by atoms with Gasteiger partial charge in [0.2, 0.25) is 11.7 Å². The summed E-state index contributed by atoms with van der Waals surface area (Å²) in [6.07, 6.45) is 2.29. The average Bonchev–Trinajstić information content (AvgIpc) is 2.84. The predicted octanol–water partition coefficient (Wildman–Crippen LogP) is 2.24. The molecule has 0 unspecified atom stereocenters. The molecule has 1 aromatic carbocycles. The van der Waals surface area contributed by atoms with Crippen LogP contribution in [0, 0.1) is 5.82 Å². The summed E-state index contributed by atoms with van der Waals surface area (Å²) in [5.41, 5.74) is 6.27. The first kappa shape index (κ1) is 14.5. The summed E-state index contributed by atoms with van der Waals surface area (Å²) < 4.78 is 23.9. The Morgan fingerprint density at radius 3 is 2.90 bits per heavy atom. The van der Waals surface area contributed by atoms with Gasteiger partial charge in [-0.25, -0.2) is 4.39 Å². The van der Waals surface area contributed by atoms with Gasteiger partial charge < -0.3 is 15.0 Å². The van der Waals surface area contributed by atoms with E-state index in [4.69, 9.17) is 15.0 Å². The fourth-order valence-electron chi connectivity index (χ4n) is 1.83. The zero-order valence-corrected chi connectivity index (χ0v) is 11.4. The van der Waals surface area contributed by atoms with Crippen LogP contribution >= 0.6 is 0 Å². The summed E-state index contributed by atoms with van der Waals surface area (Å²) in [5.74, 6) is 1.15. The zero-order valence-electron chi connectivity index (χ0n) is 11.4. The number of nitrogens with two attached hydrogens (primary N) is 1. The number of halogens is 1. The van der Waals surface area contributed by atoms with Gasteiger partial charge in [0.15, 0.2) is 6.61 Å². The Hall–Kier alpha value is -1.95. The van der Waals surface area contributed by atoms with E-state index in [1.807, 2.05) is 6.92 Å². The monoisotopic (exact) mass is 279 g/mol. The van der Waals surface area contributed by atoms with Crippen LogP contribution in [0.15, 0.2) is 22.7 Å². The van der Waals surface area contributed by atoms with E-state index in [1.54, 1.807) is 6.07 Å². The second-order valence-corrected chi connectivity index (χ2v) is 4.48. The molecule has 0 amide bonds. The standard InChI is InChI=1S/C14H18FN3O2/c1-2-3-14-17-13(18-20-14)9-19-12-7-10(4-5-16)6-11(15)8-12/h6-8H,2-5,9,16H2,1H3. The van der Waals surface area contributed by atoms with Gasteiger partial charge in [-0.15, -0.1) is 0 Å². The fourth-order valence-corrected chi connectivity index (χ4v) is 1.83. The van der Waals surface area contributed by atoms with Crippen molar-refractivity contribution in [2.24, 2.45) is 5.73 Å². The highest BCUT2D eigenvalue weighted by atomic mass is 19.1. The molecule has 108 valence electrons. The van der Waals surface area contributed by atoms with Crippen LogP contribution in [0.3, 0.4) is 0 Å². The smallest absolute Gasteiger partial charge is 0.226 e. The van der Waals surface area contributed by atoms with Gasteiger partial charge in [-0.05, 0) is 37.1 Å². The molecule has 6 heteroatoms. The number of rotatable bonds is 7. The molecule has 0 aliphatic rings. The predicted molar refractivity (Wildman–Crippen MR) is 71.8 cm³/mol. The third-order valence-corrected chi connectivity index (χ3v) is 2.71. The Balaban J connectivity index is 1.98. The topological polar surface area (TPSA) is 74.2 Å². The fraction of sp³-hybridized carbons (Fsp3) is 0.429. The molecule has 2 N–H and O–H groups in total. The molecule has 0 saturated carbocycles. The summed E-state index contributed by atoms with van der Waals surface area (Å²) >= 11 is 0. The number of aryl methyl sites for hydroxylation is 1. The lowest BCUT2D eigenvalue weighted by molar-refractivity contribution is 0.283. The highest BCUT2D eigenvalue weighted by molar-refractivity contribution is 5.29. The molecular weight excluding hydrogens is 261 g/mol. The van der Waals surface area contributed by atoms with Gasteiger partial charge in [-0.3, -0.25) is 0 Å². The molecule has 0 fully saturated rings. The number of aromatic nitrogens is 2. The average molecular weight is 279 g/mol. The third kappa shape index (κ3) is 4.03. The minimum absolute atomic E-state index is 0.152. The number of nitrogens with zero attached hydrogens (tertiary/aromatic N) is 2. The van der Waals surface area contributed by atoms with Crippen molar-refractivity contribution >= 4 is 0 Å². The maximum absolute atomic E-state index is 13.4. The van der Waals surface area contributed by atoms with Crippen LogP contribution in [0.2, 0.25) is 0 Å². The number of ether oxygens (including phenoxy) is 1. The highest BCUT2D eigenvalue weighted by Gasteiger charge is 2.07. The van der Waals surface area contributed by atoms with Crippen LogP contribution in [-0.4, -0.2) is 16.7 Å². The van der Waals surface area contributed by atoms with Gasteiger partial charge in [-0.2, -0.15) is 4.98 Å². The molecule has 1 aromatic heterocycles. The Morgan fingerprint density at radius 1 is 1.30 bits per heavy atom. The molecule has 20 heavy (non-hydrogen) atoms. The van der Waals surface area contributed by atoms with Gasteiger partial charge in [0.1, 0.15) is 11.6 Å². The Morgan fingerprint density at radius 2 is 2.15 bits per heavy atom. The summed E-state index contributed by atoms with van der Waals surface area (Å²) in [6.45, 7) is 2.65. The van der Waals surface area contributed by atoms with Crippen LogP contribution in [0.5, 0.6) is 5.75 Å². The van der Waals surface area contributed by atoms with Crippen molar-refractivity contribution in [1.82, 2.24) is 10.1 Å². The van der Waals surface area contributed by atoms with Gasteiger partial charge in [0, 0.05) is 12.5 Å². The summed E-state index contributed by atoms with van der Waals surface area (Å²) in [7, 11) is 0. The van der Waals surface area contributed by atoms with E-state index in [9.17, 15) is 4.39 Å². The molecule has 1 heterocycles. The Bertz CT molecular complexity index is 557. The highest BCUT2D eigenvalue weighted by Crippen LogP contribution is 2.17. The summed E-state index contributed by atoms with van der Waals surface area (Å²) in [5, 5.41) is 3.81. The second-order valence-electron chi connectivity index (χ2n) is 4.48. The van der Waals surface area contributed by atoms with Gasteiger partial charge in [0.25, 0.3) is 0 Å². The molecule has 0 aliphatic carbocycles. The minimum atomic E-state index is -0.342. The first-order valence-electron chi connectivity index (χ1n) is 6.65. The van der Waals surface area contributed by atoms with Gasteiger partial charge in [0.05, 0.1) is 0 Å². The van der Waals surface area contributed by atoms with E-state index in [1.165, 1.54) is 12.1 Å². The van der Waals surface area contributed by atoms with Gasteiger partial charge >= 0.3 is 0 Å². The van der Waals surface area contributed by atoms with Crippen molar-refractivity contribution < 1.29 is 13.7 Å². The van der Waals surface area contributed by atoms with Crippen LogP contribution < -0.4 is 10.5 Å². The third-order valence-electron chi connectivity index (χ3n) is 2.71. The van der Waals surface area contributed by atoms with Crippen LogP contribution in [-0.2, 0) is 19.4 Å². The lowest BCUT2D eigenvalue weighted by Gasteiger charge is -2.06. The second kappa shape index (κ2) is 7.00. The van der Waals surface area contributed by atoms with Crippen molar-refractivity contribution in [3.63, 3.8) is 0 Å². The van der Waals surface area contributed by atoms with Gasteiger partial charge in [-0.1, -0.05) is 12.1 Å².